The van der Waals surface area contributed by atoms with E-state index in [9.17, 15) is 4.79 Å². The second kappa shape index (κ2) is 6.15. The predicted molar refractivity (Wildman–Crippen MR) is 82.7 cm³/mol. The maximum Gasteiger partial charge on any atom is 0.173 e. The van der Waals surface area contributed by atoms with Crippen LogP contribution in [0, 0.1) is 0 Å². The first-order valence-corrected chi connectivity index (χ1v) is 7.17. The molecule has 3 nitrogen and oxygen atoms in total. The Bertz CT molecular complexity index is 470. The third kappa shape index (κ3) is 3.53. The average molecular weight is 276 g/mol. The summed E-state index contributed by atoms with van der Waals surface area (Å²) in [6.45, 7) is 4.81. The molecular formula is C15H20N2OS. The van der Waals surface area contributed by atoms with Gasteiger partial charge in [0.1, 0.15) is 0 Å². The minimum atomic E-state index is 0.0822. The number of carbonyl (C=O) groups is 1. The third-order valence-corrected chi connectivity index (χ3v) is 3.94. The van der Waals surface area contributed by atoms with E-state index in [0.29, 0.717) is 6.04 Å². The van der Waals surface area contributed by atoms with E-state index in [4.69, 9.17) is 12.2 Å². The van der Waals surface area contributed by atoms with Crippen LogP contribution in [0.3, 0.4) is 0 Å². The monoisotopic (exact) mass is 276 g/mol. The van der Waals surface area contributed by atoms with Gasteiger partial charge in [-0.15, -0.1) is 0 Å². The Hall–Kier alpha value is -1.42. The molecule has 1 unspecified atom stereocenters. The molecular weight excluding hydrogens is 256 g/mol. The Morgan fingerprint density at radius 2 is 2.00 bits per heavy atom. The number of Topliss-reactive ketones (excluding diaryl/α,β-unsaturated/α-hetero) is 1. The SMILES string of the molecule is CC(=O)c1ccc(NC(=S)N2CCCCC2C)cc1. The number of thiocarbonyl (C=S) groups is 1. The summed E-state index contributed by atoms with van der Waals surface area (Å²) >= 11 is 5.47. The maximum atomic E-state index is 11.2. The van der Waals surface area contributed by atoms with Crippen molar-refractivity contribution in [3.05, 3.63) is 29.8 Å². The highest BCUT2D eigenvalue weighted by Crippen LogP contribution is 2.18. The number of carbonyl (C=O) groups excluding carboxylic acids is 1. The third-order valence-electron chi connectivity index (χ3n) is 3.61. The molecule has 4 heteroatoms. The van der Waals surface area contributed by atoms with Crippen molar-refractivity contribution in [2.75, 3.05) is 11.9 Å². The van der Waals surface area contributed by atoms with Crippen LogP contribution < -0.4 is 5.32 Å². The van der Waals surface area contributed by atoms with Gasteiger partial charge in [-0.25, -0.2) is 0 Å². The topological polar surface area (TPSA) is 32.3 Å². The normalized spacial score (nSPS) is 19.1. The van der Waals surface area contributed by atoms with Crippen LogP contribution in [0.4, 0.5) is 5.69 Å². The van der Waals surface area contributed by atoms with E-state index in [0.717, 1.165) is 22.9 Å². The van der Waals surface area contributed by atoms with E-state index in [1.807, 2.05) is 24.3 Å². The summed E-state index contributed by atoms with van der Waals surface area (Å²) in [5.41, 5.74) is 1.66. The standard InChI is InChI=1S/C15H20N2OS/c1-11-5-3-4-10-17(11)15(19)16-14-8-6-13(7-9-14)12(2)18/h6-9,11H,3-5,10H2,1-2H3,(H,16,19). The lowest BCUT2D eigenvalue weighted by atomic mass is 10.0. The summed E-state index contributed by atoms with van der Waals surface area (Å²) in [4.78, 5) is 13.5. The molecule has 1 heterocycles. The fourth-order valence-electron chi connectivity index (χ4n) is 2.38. The molecule has 1 aliphatic heterocycles. The highest BCUT2D eigenvalue weighted by molar-refractivity contribution is 7.80. The van der Waals surface area contributed by atoms with Crippen molar-refractivity contribution in [3.63, 3.8) is 0 Å². The first kappa shape index (κ1) is 14.0. The fourth-order valence-corrected chi connectivity index (χ4v) is 2.77. The molecule has 1 N–H and O–H groups in total. The Morgan fingerprint density at radius 3 is 2.58 bits per heavy atom. The van der Waals surface area contributed by atoms with Crippen LogP contribution in [0.2, 0.25) is 0 Å². The molecule has 1 fully saturated rings. The van der Waals surface area contributed by atoms with E-state index >= 15 is 0 Å². The number of ketones is 1. The molecule has 0 radical (unpaired) electrons. The molecule has 19 heavy (non-hydrogen) atoms. The van der Waals surface area contributed by atoms with Gasteiger partial charge in [0.05, 0.1) is 0 Å². The van der Waals surface area contributed by atoms with Crippen molar-refractivity contribution in [2.45, 2.75) is 39.2 Å². The van der Waals surface area contributed by atoms with Gasteiger partial charge in [-0.3, -0.25) is 4.79 Å². The van der Waals surface area contributed by atoms with Gasteiger partial charge in [-0.2, -0.15) is 0 Å². The number of likely N-dealkylation sites (tertiary alicyclic amines) is 1. The van der Waals surface area contributed by atoms with E-state index in [2.05, 4.69) is 17.1 Å². The van der Waals surface area contributed by atoms with Crippen molar-refractivity contribution < 1.29 is 4.79 Å². The lowest BCUT2D eigenvalue weighted by Crippen LogP contribution is -2.44. The van der Waals surface area contributed by atoms with Crippen LogP contribution in [0.1, 0.15) is 43.5 Å². The molecule has 1 aliphatic rings. The number of piperidine rings is 1. The van der Waals surface area contributed by atoms with Gasteiger partial charge < -0.3 is 10.2 Å². The summed E-state index contributed by atoms with van der Waals surface area (Å²) in [6.07, 6.45) is 3.69. The summed E-state index contributed by atoms with van der Waals surface area (Å²) in [5.74, 6) is 0.0822. The molecule has 0 spiro atoms. The minimum absolute atomic E-state index is 0.0822. The van der Waals surface area contributed by atoms with Crippen LogP contribution in [-0.4, -0.2) is 28.4 Å². The van der Waals surface area contributed by atoms with Gasteiger partial charge in [0.2, 0.25) is 0 Å². The van der Waals surface area contributed by atoms with Crippen LogP contribution in [0.5, 0.6) is 0 Å². The maximum absolute atomic E-state index is 11.2. The van der Waals surface area contributed by atoms with Gasteiger partial charge >= 0.3 is 0 Å². The van der Waals surface area contributed by atoms with Crippen LogP contribution >= 0.6 is 12.2 Å². The lowest BCUT2D eigenvalue weighted by molar-refractivity contribution is 0.101. The lowest BCUT2D eigenvalue weighted by Gasteiger charge is -2.35. The zero-order chi connectivity index (χ0) is 13.8. The Morgan fingerprint density at radius 1 is 1.32 bits per heavy atom. The smallest absolute Gasteiger partial charge is 0.173 e. The second-order valence-corrected chi connectivity index (χ2v) is 5.49. The van der Waals surface area contributed by atoms with E-state index in [1.165, 1.54) is 19.3 Å². The van der Waals surface area contributed by atoms with Crippen LogP contribution in [0.25, 0.3) is 0 Å². The highest BCUT2D eigenvalue weighted by Gasteiger charge is 2.20. The number of hydrogen-bond donors (Lipinski definition) is 1. The Labute approximate surface area is 120 Å². The zero-order valence-corrected chi connectivity index (χ0v) is 12.3. The van der Waals surface area contributed by atoms with Crippen molar-refractivity contribution in [1.82, 2.24) is 4.90 Å². The molecule has 0 aromatic heterocycles. The zero-order valence-electron chi connectivity index (χ0n) is 11.5. The second-order valence-electron chi connectivity index (χ2n) is 5.10. The average Bonchev–Trinajstić information content (AvgIpc) is 2.39. The molecule has 0 saturated carbocycles. The van der Waals surface area contributed by atoms with Gasteiger partial charge in [-0.1, -0.05) is 0 Å². The van der Waals surface area contributed by atoms with Crippen molar-refractivity contribution in [1.29, 1.82) is 0 Å². The van der Waals surface area contributed by atoms with E-state index < -0.39 is 0 Å². The molecule has 0 amide bonds. The molecule has 0 bridgehead atoms. The first-order chi connectivity index (χ1) is 9.08. The summed E-state index contributed by atoms with van der Waals surface area (Å²) in [5, 5.41) is 4.03. The summed E-state index contributed by atoms with van der Waals surface area (Å²) < 4.78 is 0. The molecule has 1 atom stereocenters. The summed E-state index contributed by atoms with van der Waals surface area (Å²) in [7, 11) is 0. The number of nitrogens with one attached hydrogen (secondary N) is 1. The quantitative estimate of drug-likeness (QED) is 0.662. The first-order valence-electron chi connectivity index (χ1n) is 6.76. The van der Waals surface area contributed by atoms with Gasteiger partial charge in [0.25, 0.3) is 0 Å². The number of rotatable bonds is 2. The van der Waals surface area contributed by atoms with Crippen molar-refractivity contribution >= 4 is 28.8 Å². The number of hydrogen-bond acceptors (Lipinski definition) is 2. The Kier molecular flexibility index (Phi) is 4.53. The largest absolute Gasteiger partial charge is 0.346 e. The van der Waals surface area contributed by atoms with E-state index in [1.54, 1.807) is 6.92 Å². The molecule has 2 rings (SSSR count). The molecule has 0 aliphatic carbocycles. The molecule has 102 valence electrons. The number of benzene rings is 1. The highest BCUT2D eigenvalue weighted by atomic mass is 32.1. The molecule has 1 aromatic rings. The fraction of sp³-hybridized carbons (Fsp3) is 0.467. The van der Waals surface area contributed by atoms with Crippen molar-refractivity contribution in [2.24, 2.45) is 0 Å². The summed E-state index contributed by atoms with van der Waals surface area (Å²) in [6, 6.07) is 7.96. The van der Waals surface area contributed by atoms with Gasteiger partial charge in [0.15, 0.2) is 10.9 Å². The number of anilines is 1. The van der Waals surface area contributed by atoms with Gasteiger partial charge in [0, 0.05) is 23.8 Å². The van der Waals surface area contributed by atoms with Crippen LogP contribution in [-0.2, 0) is 0 Å². The van der Waals surface area contributed by atoms with Gasteiger partial charge in [-0.05, 0) is 69.6 Å². The van der Waals surface area contributed by atoms with Crippen LogP contribution in [0.15, 0.2) is 24.3 Å². The van der Waals surface area contributed by atoms with E-state index in [-0.39, 0.29) is 5.78 Å². The number of nitrogens with zero attached hydrogens (tertiary/aromatic N) is 1. The molecule has 1 saturated heterocycles. The molecule has 1 aromatic carbocycles. The van der Waals surface area contributed by atoms with Crippen molar-refractivity contribution in [3.8, 4) is 0 Å². The minimum Gasteiger partial charge on any atom is -0.346 e. The predicted octanol–water partition coefficient (Wildman–Crippen LogP) is 3.46. The Balaban J connectivity index is 2.00.